The number of hydrogen-bond acceptors (Lipinski definition) is 6. The third-order valence-electron chi connectivity index (χ3n) is 5.30. The summed E-state index contributed by atoms with van der Waals surface area (Å²) >= 11 is 1.25. The number of benzene rings is 2. The highest BCUT2D eigenvalue weighted by Gasteiger charge is 2.30. The summed E-state index contributed by atoms with van der Waals surface area (Å²) in [7, 11) is -3.56. The van der Waals surface area contributed by atoms with Gasteiger partial charge in [-0.25, -0.2) is 13.4 Å². The van der Waals surface area contributed by atoms with E-state index in [9.17, 15) is 13.2 Å². The molecule has 4 rings (SSSR count). The summed E-state index contributed by atoms with van der Waals surface area (Å²) in [5.41, 5.74) is 3.46. The number of amides is 1. The van der Waals surface area contributed by atoms with Gasteiger partial charge in [-0.1, -0.05) is 30.0 Å². The number of oxazole rings is 1. The molecule has 0 bridgehead atoms. The predicted octanol–water partition coefficient (Wildman–Crippen LogP) is 3.07. The van der Waals surface area contributed by atoms with Crippen LogP contribution in [0.1, 0.15) is 11.1 Å². The van der Waals surface area contributed by atoms with Crippen LogP contribution in [0.2, 0.25) is 0 Å². The summed E-state index contributed by atoms with van der Waals surface area (Å²) in [5.74, 6) is 0.155. The van der Waals surface area contributed by atoms with E-state index in [1.54, 1.807) is 17.0 Å². The van der Waals surface area contributed by atoms with Crippen molar-refractivity contribution in [1.29, 1.82) is 0 Å². The molecule has 0 aliphatic carbocycles. The van der Waals surface area contributed by atoms with Crippen LogP contribution in [0.15, 0.2) is 57.0 Å². The number of aromatic nitrogens is 1. The quantitative estimate of drug-likeness (QED) is 0.561. The molecule has 158 valence electrons. The van der Waals surface area contributed by atoms with Crippen molar-refractivity contribution in [3.8, 4) is 0 Å². The Balaban J connectivity index is 1.34. The number of hydrogen-bond donors (Lipinski definition) is 0. The molecule has 0 radical (unpaired) electrons. The first-order valence-corrected chi connectivity index (χ1v) is 12.1. The molecule has 1 aromatic heterocycles. The highest BCUT2D eigenvalue weighted by atomic mass is 32.2. The van der Waals surface area contributed by atoms with Gasteiger partial charge in [0.15, 0.2) is 5.58 Å². The number of fused-ring (bicyclic) bond motifs is 1. The van der Waals surface area contributed by atoms with Crippen molar-refractivity contribution in [2.24, 2.45) is 0 Å². The second-order valence-electron chi connectivity index (χ2n) is 7.27. The average molecular weight is 446 g/mol. The van der Waals surface area contributed by atoms with E-state index in [2.05, 4.69) is 4.98 Å². The van der Waals surface area contributed by atoms with Crippen LogP contribution in [0, 0.1) is 13.8 Å². The zero-order chi connectivity index (χ0) is 21.3. The Kier molecular flexibility index (Phi) is 5.86. The van der Waals surface area contributed by atoms with Gasteiger partial charge in [0, 0.05) is 26.2 Å². The Morgan fingerprint density at radius 1 is 1.07 bits per heavy atom. The maximum absolute atomic E-state index is 12.9. The predicted molar refractivity (Wildman–Crippen MR) is 116 cm³/mol. The molecule has 1 aliphatic rings. The Morgan fingerprint density at radius 2 is 1.80 bits per heavy atom. The molecule has 7 nitrogen and oxygen atoms in total. The molecule has 1 amide bonds. The summed E-state index contributed by atoms with van der Waals surface area (Å²) in [6.45, 7) is 5.17. The zero-order valence-electron chi connectivity index (χ0n) is 16.9. The number of thioether (sulfide) groups is 1. The second-order valence-corrected chi connectivity index (χ2v) is 10.1. The highest BCUT2D eigenvalue weighted by molar-refractivity contribution is 7.99. The van der Waals surface area contributed by atoms with Crippen LogP contribution in [-0.4, -0.2) is 60.4 Å². The van der Waals surface area contributed by atoms with E-state index < -0.39 is 10.0 Å². The van der Waals surface area contributed by atoms with E-state index in [0.717, 1.165) is 16.6 Å². The number of aryl methyl sites for hydroxylation is 2. The third-order valence-corrected chi connectivity index (χ3v) is 8.01. The fourth-order valence-electron chi connectivity index (χ4n) is 3.33. The van der Waals surface area contributed by atoms with Crippen LogP contribution in [0.25, 0.3) is 11.1 Å². The van der Waals surface area contributed by atoms with E-state index >= 15 is 0 Å². The third kappa shape index (κ3) is 4.23. The Bertz CT molecular complexity index is 1150. The van der Waals surface area contributed by atoms with Gasteiger partial charge in [0.25, 0.3) is 5.22 Å². The molecular formula is C21H23N3O4S2. The van der Waals surface area contributed by atoms with Crippen LogP contribution in [0.4, 0.5) is 0 Å². The largest absolute Gasteiger partial charge is 0.431 e. The number of sulfonamides is 1. The number of rotatable bonds is 5. The van der Waals surface area contributed by atoms with E-state index in [0.29, 0.717) is 28.8 Å². The van der Waals surface area contributed by atoms with Gasteiger partial charge < -0.3 is 9.32 Å². The molecule has 0 unspecified atom stereocenters. The van der Waals surface area contributed by atoms with Crippen molar-refractivity contribution in [1.82, 2.24) is 14.2 Å². The minimum absolute atomic E-state index is 0.0505. The monoisotopic (exact) mass is 445 g/mol. The molecule has 1 saturated heterocycles. The van der Waals surface area contributed by atoms with E-state index in [-0.39, 0.29) is 24.7 Å². The maximum atomic E-state index is 12.9. The average Bonchev–Trinajstić information content (AvgIpc) is 3.17. The van der Waals surface area contributed by atoms with Crippen molar-refractivity contribution in [2.75, 3.05) is 31.9 Å². The van der Waals surface area contributed by atoms with Gasteiger partial charge in [0.05, 0.1) is 10.6 Å². The lowest BCUT2D eigenvalue weighted by Gasteiger charge is -2.34. The molecule has 9 heteroatoms. The lowest BCUT2D eigenvalue weighted by Crippen LogP contribution is -2.50. The van der Waals surface area contributed by atoms with Crippen LogP contribution in [-0.2, 0) is 14.8 Å². The number of nitrogens with zero attached hydrogens (tertiary/aromatic N) is 3. The molecule has 0 saturated carbocycles. The molecule has 3 aromatic rings. The van der Waals surface area contributed by atoms with Crippen molar-refractivity contribution < 1.29 is 17.6 Å². The highest BCUT2D eigenvalue weighted by Crippen LogP contribution is 2.24. The van der Waals surface area contributed by atoms with Gasteiger partial charge in [-0.3, -0.25) is 4.79 Å². The van der Waals surface area contributed by atoms with Gasteiger partial charge in [-0.05, 0) is 49.2 Å². The van der Waals surface area contributed by atoms with E-state index in [1.165, 1.54) is 16.1 Å². The first kappa shape index (κ1) is 20.9. The van der Waals surface area contributed by atoms with Crippen LogP contribution < -0.4 is 0 Å². The fourth-order valence-corrected chi connectivity index (χ4v) is 5.58. The SMILES string of the molecule is Cc1ccc(S(=O)(=O)N2CCN(C(=O)CSc3nc4ccccc4o3)CC2)cc1C. The Hall–Kier alpha value is -2.36. The smallest absolute Gasteiger partial charge is 0.257 e. The lowest BCUT2D eigenvalue weighted by atomic mass is 10.1. The zero-order valence-corrected chi connectivity index (χ0v) is 18.5. The molecular weight excluding hydrogens is 422 g/mol. The van der Waals surface area contributed by atoms with E-state index in [4.69, 9.17) is 4.42 Å². The summed E-state index contributed by atoms with van der Waals surface area (Å²) < 4.78 is 32.9. The lowest BCUT2D eigenvalue weighted by molar-refractivity contribution is -0.129. The first-order chi connectivity index (χ1) is 14.3. The van der Waals surface area contributed by atoms with Crippen molar-refractivity contribution in [2.45, 2.75) is 24.0 Å². The second kappa shape index (κ2) is 8.41. The number of para-hydroxylation sites is 2. The Labute approximate surface area is 180 Å². The van der Waals surface area contributed by atoms with Crippen LogP contribution >= 0.6 is 11.8 Å². The van der Waals surface area contributed by atoms with Gasteiger partial charge in [-0.15, -0.1) is 0 Å². The number of carbonyl (C=O) groups excluding carboxylic acids is 1. The molecule has 0 spiro atoms. The van der Waals surface area contributed by atoms with Crippen molar-refractivity contribution in [3.63, 3.8) is 0 Å². The van der Waals surface area contributed by atoms with Gasteiger partial charge in [-0.2, -0.15) is 4.31 Å². The first-order valence-electron chi connectivity index (χ1n) is 9.68. The summed E-state index contributed by atoms with van der Waals surface area (Å²) in [5, 5.41) is 0.459. The standard InChI is InChI=1S/C21H23N3O4S2/c1-15-7-8-17(13-16(15)2)30(26,27)24-11-9-23(10-12-24)20(25)14-29-21-22-18-5-3-4-6-19(18)28-21/h3-8,13H,9-12,14H2,1-2H3. The topological polar surface area (TPSA) is 83.7 Å². The number of carbonyl (C=O) groups is 1. The van der Waals surface area contributed by atoms with Crippen LogP contribution in [0.5, 0.6) is 0 Å². The molecule has 0 atom stereocenters. The summed E-state index contributed by atoms with van der Waals surface area (Å²) in [6.07, 6.45) is 0. The molecule has 2 aromatic carbocycles. The normalized spacial score (nSPS) is 15.6. The number of piperazine rings is 1. The fraction of sp³-hybridized carbons (Fsp3) is 0.333. The van der Waals surface area contributed by atoms with Gasteiger partial charge >= 0.3 is 0 Å². The van der Waals surface area contributed by atoms with Gasteiger partial charge in [0.2, 0.25) is 15.9 Å². The van der Waals surface area contributed by atoms with Gasteiger partial charge in [0.1, 0.15) is 5.52 Å². The molecule has 2 heterocycles. The molecule has 1 fully saturated rings. The van der Waals surface area contributed by atoms with Crippen molar-refractivity contribution in [3.05, 3.63) is 53.6 Å². The minimum Gasteiger partial charge on any atom is -0.431 e. The minimum atomic E-state index is -3.56. The molecule has 0 N–H and O–H groups in total. The maximum Gasteiger partial charge on any atom is 0.257 e. The van der Waals surface area contributed by atoms with Crippen LogP contribution in [0.3, 0.4) is 0 Å². The van der Waals surface area contributed by atoms with Crippen molar-refractivity contribution >= 4 is 38.8 Å². The summed E-state index contributed by atoms with van der Waals surface area (Å²) in [6, 6.07) is 12.6. The summed E-state index contributed by atoms with van der Waals surface area (Å²) in [4.78, 5) is 18.9. The molecule has 30 heavy (non-hydrogen) atoms. The molecule has 1 aliphatic heterocycles. The van der Waals surface area contributed by atoms with E-state index in [1.807, 2.05) is 44.2 Å². The Morgan fingerprint density at radius 3 is 2.50 bits per heavy atom.